The van der Waals surface area contributed by atoms with Gasteiger partial charge in [-0.15, -0.1) is 10.2 Å². The van der Waals surface area contributed by atoms with Crippen LogP contribution in [0.2, 0.25) is 0 Å². The normalized spacial score (nSPS) is 18.2. The molecule has 0 saturated carbocycles. The standard InChI is InChI=1S/C37H45F3N6O8S/c1-24-6-7-26(31(36(3,4)35(47)48)28-10-12-46-32(25(28)2)42-43-34(46)37(38,39)40)22-27(24)23-45-11-5-16-51-20-21-54-33-29(55(45,49)50)8-9-30(41-33)53-19-15-44-13-17-52-18-14-44/h6-10,12,22,31H,5,11,13-21,23H2,1-4H3,(H,47,48)/t31-/m0/s1. The van der Waals surface area contributed by atoms with E-state index in [0.717, 1.165) is 23.1 Å². The number of carbonyl (C=O) groups is 1. The van der Waals surface area contributed by atoms with Gasteiger partial charge in [0.1, 0.15) is 18.1 Å². The molecular formula is C37H45F3N6O8S. The zero-order valence-electron chi connectivity index (χ0n) is 31.1. The van der Waals surface area contributed by atoms with E-state index in [9.17, 15) is 31.5 Å². The summed E-state index contributed by atoms with van der Waals surface area (Å²) in [7, 11) is -4.23. The number of fused-ring (bicyclic) bond motifs is 2. The van der Waals surface area contributed by atoms with Crippen LogP contribution in [0.3, 0.4) is 0 Å². The molecule has 4 aromatic rings. The van der Waals surface area contributed by atoms with Crippen molar-refractivity contribution < 1.29 is 50.4 Å². The first-order valence-electron chi connectivity index (χ1n) is 18.0. The number of carboxylic acids is 1. The molecule has 55 heavy (non-hydrogen) atoms. The van der Waals surface area contributed by atoms with E-state index in [1.54, 1.807) is 25.1 Å². The predicted molar refractivity (Wildman–Crippen MR) is 193 cm³/mol. The highest BCUT2D eigenvalue weighted by Crippen LogP contribution is 2.44. The molecule has 18 heteroatoms. The number of ether oxygens (including phenoxy) is 4. The van der Waals surface area contributed by atoms with Crippen LogP contribution in [0.1, 0.15) is 59.8 Å². The van der Waals surface area contributed by atoms with Crippen LogP contribution in [0.25, 0.3) is 5.65 Å². The van der Waals surface area contributed by atoms with Crippen LogP contribution in [0, 0.1) is 19.3 Å². The molecule has 1 aromatic carbocycles. The van der Waals surface area contributed by atoms with Gasteiger partial charge in [-0.05, 0) is 74.1 Å². The Morgan fingerprint density at radius 1 is 0.982 bits per heavy atom. The Labute approximate surface area is 317 Å². The molecule has 2 aliphatic heterocycles. The number of pyridine rings is 2. The summed E-state index contributed by atoms with van der Waals surface area (Å²) in [4.78, 5) is 19.3. The van der Waals surface area contributed by atoms with Crippen LogP contribution < -0.4 is 9.47 Å². The SMILES string of the molecule is Cc1ccc([C@@H](c2ccn3c(C(F)(F)F)nnc3c2C)C(C)(C)C(=O)O)cc1CN1CCCOCCOc2nc(OCCN3CCOCC3)ccc2S1(=O)=O. The number of nitrogens with zero attached hydrogens (tertiary/aromatic N) is 6. The second-order valence-electron chi connectivity index (χ2n) is 14.2. The number of aromatic nitrogens is 4. The molecule has 2 aliphatic rings. The van der Waals surface area contributed by atoms with Gasteiger partial charge in [0, 0.05) is 57.5 Å². The fourth-order valence-corrected chi connectivity index (χ4v) is 8.43. The number of hydrogen-bond acceptors (Lipinski definition) is 11. The van der Waals surface area contributed by atoms with Crippen LogP contribution >= 0.6 is 0 Å². The highest BCUT2D eigenvalue weighted by Gasteiger charge is 2.42. The number of rotatable bonds is 10. The molecule has 0 radical (unpaired) electrons. The molecule has 0 amide bonds. The van der Waals surface area contributed by atoms with Gasteiger partial charge < -0.3 is 24.1 Å². The van der Waals surface area contributed by atoms with Crippen molar-refractivity contribution in [2.45, 2.75) is 57.7 Å². The summed E-state index contributed by atoms with van der Waals surface area (Å²) in [5.74, 6) is -3.11. The second kappa shape index (κ2) is 16.4. The smallest absolute Gasteiger partial charge is 0.452 e. The molecule has 0 aliphatic carbocycles. The van der Waals surface area contributed by atoms with E-state index in [4.69, 9.17) is 18.9 Å². The highest BCUT2D eigenvalue weighted by atomic mass is 32.2. The lowest BCUT2D eigenvalue weighted by molar-refractivity contribution is -0.147. The van der Waals surface area contributed by atoms with Crippen molar-refractivity contribution in [1.82, 2.24) is 28.8 Å². The first-order chi connectivity index (χ1) is 26.1. The average Bonchev–Trinajstić information content (AvgIpc) is 3.58. The predicted octanol–water partition coefficient (Wildman–Crippen LogP) is 4.70. The van der Waals surface area contributed by atoms with Crippen molar-refractivity contribution in [2.75, 3.05) is 65.8 Å². The minimum Gasteiger partial charge on any atom is -0.481 e. The van der Waals surface area contributed by atoms with Gasteiger partial charge in [-0.1, -0.05) is 18.2 Å². The number of hydrogen-bond donors (Lipinski definition) is 1. The molecule has 3 aromatic heterocycles. The van der Waals surface area contributed by atoms with E-state index in [1.807, 2.05) is 6.92 Å². The number of alkyl halides is 3. The summed E-state index contributed by atoms with van der Waals surface area (Å²) >= 11 is 0. The summed E-state index contributed by atoms with van der Waals surface area (Å²) in [5.41, 5.74) is 1.12. The highest BCUT2D eigenvalue weighted by molar-refractivity contribution is 7.89. The van der Waals surface area contributed by atoms with Gasteiger partial charge in [0.25, 0.3) is 0 Å². The number of aliphatic carboxylic acids is 1. The van der Waals surface area contributed by atoms with Gasteiger partial charge in [0.2, 0.25) is 27.6 Å². The number of benzene rings is 1. The van der Waals surface area contributed by atoms with Gasteiger partial charge in [-0.3, -0.25) is 14.1 Å². The third-order valence-corrected chi connectivity index (χ3v) is 12.0. The molecule has 0 unspecified atom stereocenters. The van der Waals surface area contributed by atoms with Crippen molar-refractivity contribution in [3.05, 3.63) is 76.2 Å². The van der Waals surface area contributed by atoms with Gasteiger partial charge >= 0.3 is 12.1 Å². The van der Waals surface area contributed by atoms with E-state index in [-0.39, 0.29) is 55.2 Å². The molecule has 14 nitrogen and oxygen atoms in total. The van der Waals surface area contributed by atoms with E-state index in [1.165, 1.54) is 42.5 Å². The Morgan fingerprint density at radius 2 is 1.73 bits per heavy atom. The van der Waals surface area contributed by atoms with E-state index >= 15 is 0 Å². The van der Waals surface area contributed by atoms with Crippen molar-refractivity contribution in [3.8, 4) is 11.8 Å². The van der Waals surface area contributed by atoms with E-state index < -0.39 is 39.3 Å². The van der Waals surface area contributed by atoms with Crippen LogP contribution in [0.4, 0.5) is 13.2 Å². The molecule has 1 atom stereocenters. The second-order valence-corrected chi connectivity index (χ2v) is 16.1. The average molecular weight is 791 g/mol. The summed E-state index contributed by atoms with van der Waals surface area (Å²) in [6.45, 7) is 11.0. The van der Waals surface area contributed by atoms with Gasteiger partial charge in [-0.25, -0.2) is 8.42 Å². The van der Waals surface area contributed by atoms with Crippen LogP contribution in [-0.2, 0) is 37.0 Å². The third kappa shape index (κ3) is 8.72. The summed E-state index contributed by atoms with van der Waals surface area (Å²) in [5, 5.41) is 17.6. The minimum atomic E-state index is -4.75. The van der Waals surface area contributed by atoms with Crippen LogP contribution in [-0.4, -0.2) is 114 Å². The molecule has 0 spiro atoms. The molecule has 298 valence electrons. The molecule has 1 saturated heterocycles. The number of morpholine rings is 1. The zero-order chi connectivity index (χ0) is 39.5. The number of sulfonamides is 1. The maximum absolute atomic E-state index is 14.5. The van der Waals surface area contributed by atoms with Crippen LogP contribution in [0.15, 0.2) is 47.5 Å². The van der Waals surface area contributed by atoms with Gasteiger partial charge in [0.15, 0.2) is 5.65 Å². The summed E-state index contributed by atoms with van der Waals surface area (Å²) in [6.07, 6.45) is -3.18. The summed E-state index contributed by atoms with van der Waals surface area (Å²) in [6, 6.07) is 9.69. The van der Waals surface area contributed by atoms with Crippen LogP contribution in [0.5, 0.6) is 11.8 Å². The topological polar surface area (TPSA) is 158 Å². The lowest BCUT2D eigenvalue weighted by Gasteiger charge is -2.33. The number of aryl methyl sites for hydroxylation is 2. The first-order valence-corrected chi connectivity index (χ1v) is 19.4. The minimum absolute atomic E-state index is 0.0552. The molecule has 5 heterocycles. The lowest BCUT2D eigenvalue weighted by Crippen LogP contribution is -2.38. The van der Waals surface area contributed by atoms with Crippen molar-refractivity contribution in [3.63, 3.8) is 0 Å². The Morgan fingerprint density at radius 3 is 2.45 bits per heavy atom. The van der Waals surface area contributed by atoms with Crippen molar-refractivity contribution in [1.29, 1.82) is 0 Å². The number of carboxylic acid groups (broad SMARTS) is 1. The molecule has 1 N–H and O–H groups in total. The maximum Gasteiger partial charge on any atom is 0.452 e. The van der Waals surface area contributed by atoms with Gasteiger partial charge in [-0.2, -0.15) is 22.5 Å². The molecular weight excluding hydrogens is 746 g/mol. The maximum atomic E-state index is 14.5. The Hall–Kier alpha value is -4.36. The molecule has 0 bridgehead atoms. The first kappa shape index (κ1) is 40.3. The zero-order valence-corrected chi connectivity index (χ0v) is 32.0. The third-order valence-electron chi connectivity index (χ3n) is 10.1. The number of halogens is 3. The lowest BCUT2D eigenvalue weighted by atomic mass is 9.70. The fraction of sp³-hybridized carbons (Fsp3) is 0.514. The quantitative estimate of drug-likeness (QED) is 0.237. The fourth-order valence-electron chi connectivity index (χ4n) is 6.90. The van der Waals surface area contributed by atoms with Crippen molar-refractivity contribution >= 4 is 21.6 Å². The molecule has 1 fully saturated rings. The van der Waals surface area contributed by atoms with E-state index in [2.05, 4.69) is 20.1 Å². The Bertz CT molecular complexity index is 2120. The van der Waals surface area contributed by atoms with Gasteiger partial charge in [0.05, 0.1) is 25.2 Å². The Kier molecular flexibility index (Phi) is 12.0. The monoisotopic (exact) mass is 790 g/mol. The summed E-state index contributed by atoms with van der Waals surface area (Å²) < 4.78 is 94.9. The Balaban J connectivity index is 1.34. The molecule has 6 rings (SSSR count). The van der Waals surface area contributed by atoms with E-state index in [0.29, 0.717) is 55.0 Å². The van der Waals surface area contributed by atoms with Crippen molar-refractivity contribution in [2.24, 2.45) is 5.41 Å². The largest absolute Gasteiger partial charge is 0.481 e.